The maximum absolute atomic E-state index is 6.03. The number of halogens is 1. The van der Waals surface area contributed by atoms with Gasteiger partial charge in [-0.25, -0.2) is 0 Å². The van der Waals surface area contributed by atoms with Crippen LogP contribution in [-0.2, 0) is 12.8 Å². The second-order valence-electron chi connectivity index (χ2n) is 6.06. The average Bonchev–Trinajstić information content (AvgIpc) is 2.94. The third kappa shape index (κ3) is 3.82. The predicted octanol–water partition coefficient (Wildman–Crippen LogP) is 5.55. The normalized spacial score (nSPS) is 11.2. The van der Waals surface area contributed by atoms with Gasteiger partial charge in [-0.15, -0.1) is 10.2 Å². The number of thioether (sulfide) groups is 1. The highest BCUT2D eigenvalue weighted by Gasteiger charge is 2.12. The quantitative estimate of drug-likeness (QED) is 0.561. The number of hydrogen-bond acceptors (Lipinski definition) is 3. The molecule has 3 nitrogen and oxygen atoms in total. The predicted molar refractivity (Wildman–Crippen MR) is 102 cm³/mol. The summed E-state index contributed by atoms with van der Waals surface area (Å²) in [6.07, 6.45) is 0. The Morgan fingerprint density at radius 1 is 1.08 bits per heavy atom. The smallest absolute Gasteiger partial charge is 0.191 e. The van der Waals surface area contributed by atoms with Crippen LogP contribution < -0.4 is 0 Å². The van der Waals surface area contributed by atoms with Gasteiger partial charge < -0.3 is 4.57 Å². The topological polar surface area (TPSA) is 30.7 Å². The molecular formula is C19H20ClN3S. The van der Waals surface area contributed by atoms with Crippen LogP contribution in [0.15, 0.2) is 53.7 Å². The van der Waals surface area contributed by atoms with Crippen LogP contribution in [0, 0.1) is 0 Å². The fourth-order valence-corrected chi connectivity index (χ4v) is 3.55. The van der Waals surface area contributed by atoms with Crippen molar-refractivity contribution in [3.63, 3.8) is 0 Å². The fraction of sp³-hybridized carbons (Fsp3) is 0.263. The van der Waals surface area contributed by atoms with Crippen LogP contribution in [-0.4, -0.2) is 14.8 Å². The van der Waals surface area contributed by atoms with E-state index in [1.807, 2.05) is 29.8 Å². The van der Waals surface area contributed by atoms with Gasteiger partial charge in [0.05, 0.1) is 0 Å². The van der Waals surface area contributed by atoms with Crippen LogP contribution in [0.3, 0.4) is 0 Å². The lowest BCUT2D eigenvalue weighted by molar-refractivity contribution is 0.793. The Balaban J connectivity index is 1.76. The molecule has 0 radical (unpaired) electrons. The van der Waals surface area contributed by atoms with Crippen molar-refractivity contribution in [2.45, 2.75) is 30.7 Å². The van der Waals surface area contributed by atoms with Gasteiger partial charge in [0.15, 0.2) is 11.0 Å². The summed E-state index contributed by atoms with van der Waals surface area (Å²) in [5, 5.41) is 10.3. The molecule has 0 amide bonds. The molecule has 1 heterocycles. The van der Waals surface area contributed by atoms with E-state index in [9.17, 15) is 0 Å². The molecule has 0 aliphatic heterocycles. The van der Waals surface area contributed by atoms with Gasteiger partial charge in [0, 0.05) is 23.4 Å². The SMILES string of the molecule is CC(C)c1ccc(-c2nnc(SCc3cccc(Cl)c3)n2C)cc1. The average molecular weight is 358 g/mol. The first kappa shape index (κ1) is 17.1. The molecule has 0 unspecified atom stereocenters. The van der Waals surface area contributed by atoms with E-state index in [4.69, 9.17) is 11.6 Å². The summed E-state index contributed by atoms with van der Waals surface area (Å²) in [5.41, 5.74) is 3.60. The third-order valence-corrected chi connectivity index (χ3v) is 5.25. The van der Waals surface area contributed by atoms with Gasteiger partial charge in [-0.2, -0.15) is 0 Å². The largest absolute Gasteiger partial charge is 0.305 e. The van der Waals surface area contributed by atoms with Crippen molar-refractivity contribution in [1.29, 1.82) is 0 Å². The molecule has 0 spiro atoms. The van der Waals surface area contributed by atoms with Crippen molar-refractivity contribution in [2.75, 3.05) is 0 Å². The molecule has 3 aromatic rings. The monoisotopic (exact) mass is 357 g/mol. The van der Waals surface area contributed by atoms with Gasteiger partial charge in [-0.3, -0.25) is 0 Å². The van der Waals surface area contributed by atoms with Crippen LogP contribution in [0.4, 0.5) is 0 Å². The summed E-state index contributed by atoms with van der Waals surface area (Å²) in [4.78, 5) is 0. The zero-order valence-corrected chi connectivity index (χ0v) is 15.6. The second-order valence-corrected chi connectivity index (χ2v) is 7.44. The third-order valence-electron chi connectivity index (χ3n) is 3.93. The van der Waals surface area contributed by atoms with Gasteiger partial charge in [-0.05, 0) is 29.2 Å². The van der Waals surface area contributed by atoms with Crippen molar-refractivity contribution in [3.8, 4) is 11.4 Å². The first-order valence-electron chi connectivity index (χ1n) is 7.91. The van der Waals surface area contributed by atoms with Crippen LogP contribution in [0.25, 0.3) is 11.4 Å². The van der Waals surface area contributed by atoms with E-state index < -0.39 is 0 Å². The molecule has 0 N–H and O–H groups in total. The molecule has 2 aromatic carbocycles. The summed E-state index contributed by atoms with van der Waals surface area (Å²) in [5.74, 6) is 2.24. The molecule has 0 atom stereocenters. The summed E-state index contributed by atoms with van der Waals surface area (Å²) < 4.78 is 2.04. The van der Waals surface area contributed by atoms with Gasteiger partial charge >= 0.3 is 0 Å². The van der Waals surface area contributed by atoms with Crippen LogP contribution >= 0.6 is 23.4 Å². The Hall–Kier alpha value is -1.78. The number of benzene rings is 2. The minimum Gasteiger partial charge on any atom is -0.305 e. The minimum absolute atomic E-state index is 0.530. The van der Waals surface area contributed by atoms with Crippen LogP contribution in [0.1, 0.15) is 30.9 Å². The Bertz CT molecular complexity index is 825. The first-order valence-corrected chi connectivity index (χ1v) is 9.28. The number of rotatable bonds is 5. The van der Waals surface area contributed by atoms with Gasteiger partial charge in [0.25, 0.3) is 0 Å². The zero-order valence-electron chi connectivity index (χ0n) is 14.0. The Morgan fingerprint density at radius 2 is 1.83 bits per heavy atom. The number of hydrogen-bond donors (Lipinski definition) is 0. The van der Waals surface area contributed by atoms with Crippen molar-refractivity contribution >= 4 is 23.4 Å². The van der Waals surface area contributed by atoms with E-state index in [1.165, 1.54) is 11.1 Å². The Morgan fingerprint density at radius 3 is 2.50 bits per heavy atom. The Kier molecular flexibility index (Phi) is 5.27. The van der Waals surface area contributed by atoms with Crippen LogP contribution in [0.5, 0.6) is 0 Å². The molecule has 3 rings (SSSR count). The lowest BCUT2D eigenvalue weighted by Crippen LogP contribution is -1.95. The zero-order chi connectivity index (χ0) is 17.1. The molecule has 0 aliphatic carbocycles. The number of nitrogens with zero attached hydrogens (tertiary/aromatic N) is 3. The van der Waals surface area contributed by atoms with Gasteiger partial charge in [0.1, 0.15) is 0 Å². The van der Waals surface area contributed by atoms with Gasteiger partial charge in [-0.1, -0.05) is 73.6 Å². The van der Waals surface area contributed by atoms with Crippen LogP contribution in [0.2, 0.25) is 5.02 Å². The molecule has 1 aromatic heterocycles. The molecule has 0 saturated carbocycles. The molecule has 24 heavy (non-hydrogen) atoms. The fourth-order valence-electron chi connectivity index (χ4n) is 2.48. The molecule has 5 heteroatoms. The number of aromatic nitrogens is 3. The molecule has 0 fully saturated rings. The summed E-state index contributed by atoms with van der Waals surface area (Å²) >= 11 is 7.70. The Labute approximate surface area is 152 Å². The standard InChI is InChI=1S/C19H20ClN3S/c1-13(2)15-7-9-16(10-8-15)18-21-22-19(23(18)3)24-12-14-5-4-6-17(20)11-14/h4-11,13H,12H2,1-3H3. The highest BCUT2D eigenvalue weighted by molar-refractivity contribution is 7.98. The highest BCUT2D eigenvalue weighted by atomic mass is 35.5. The summed E-state index contributed by atoms with van der Waals surface area (Å²) in [6, 6.07) is 16.5. The van der Waals surface area contributed by atoms with Crippen molar-refractivity contribution in [3.05, 3.63) is 64.7 Å². The molecule has 0 bridgehead atoms. The highest BCUT2D eigenvalue weighted by Crippen LogP contribution is 2.27. The molecule has 0 saturated heterocycles. The molecule has 124 valence electrons. The van der Waals surface area contributed by atoms with E-state index in [0.29, 0.717) is 5.92 Å². The summed E-state index contributed by atoms with van der Waals surface area (Å²) in [7, 11) is 2.01. The second kappa shape index (κ2) is 7.41. The van der Waals surface area contributed by atoms with E-state index in [-0.39, 0.29) is 0 Å². The molecule has 0 aliphatic rings. The van der Waals surface area contributed by atoms with Crippen molar-refractivity contribution in [1.82, 2.24) is 14.8 Å². The summed E-state index contributed by atoms with van der Waals surface area (Å²) in [6.45, 7) is 4.39. The van der Waals surface area contributed by atoms with E-state index in [0.717, 1.165) is 27.3 Å². The van der Waals surface area contributed by atoms with Crippen molar-refractivity contribution < 1.29 is 0 Å². The van der Waals surface area contributed by atoms with E-state index in [1.54, 1.807) is 11.8 Å². The maximum atomic E-state index is 6.03. The maximum Gasteiger partial charge on any atom is 0.191 e. The van der Waals surface area contributed by atoms with E-state index >= 15 is 0 Å². The minimum atomic E-state index is 0.530. The van der Waals surface area contributed by atoms with Crippen molar-refractivity contribution in [2.24, 2.45) is 7.05 Å². The lowest BCUT2D eigenvalue weighted by atomic mass is 10.0. The first-order chi connectivity index (χ1) is 11.5. The van der Waals surface area contributed by atoms with E-state index in [2.05, 4.69) is 54.4 Å². The molecular weight excluding hydrogens is 338 g/mol. The lowest BCUT2D eigenvalue weighted by Gasteiger charge is -2.07. The van der Waals surface area contributed by atoms with Gasteiger partial charge in [0.2, 0.25) is 0 Å².